The van der Waals surface area contributed by atoms with Gasteiger partial charge in [-0.25, -0.2) is 4.79 Å². The number of aryl methyl sites for hydroxylation is 1. The first kappa shape index (κ1) is 13.1. The van der Waals surface area contributed by atoms with Gasteiger partial charge in [-0.2, -0.15) is 0 Å². The highest BCUT2D eigenvalue weighted by Crippen LogP contribution is 2.39. The van der Waals surface area contributed by atoms with Crippen molar-refractivity contribution in [2.24, 2.45) is 0 Å². The fourth-order valence-corrected chi connectivity index (χ4v) is 3.52. The maximum absolute atomic E-state index is 11.8. The van der Waals surface area contributed by atoms with Gasteiger partial charge in [-0.1, -0.05) is 6.92 Å². The highest BCUT2D eigenvalue weighted by molar-refractivity contribution is 7.17. The quantitative estimate of drug-likeness (QED) is 0.853. The van der Waals surface area contributed by atoms with Crippen LogP contribution in [0.3, 0.4) is 0 Å². The number of carbonyl (C=O) groups is 2. The first-order valence-corrected chi connectivity index (χ1v) is 7.01. The highest BCUT2D eigenvalue weighted by Gasteiger charge is 2.27. The van der Waals surface area contributed by atoms with Gasteiger partial charge >= 0.3 is 5.97 Å². The Balaban J connectivity index is 2.29. The first-order chi connectivity index (χ1) is 8.67. The summed E-state index contributed by atoms with van der Waals surface area (Å²) in [6.07, 6.45) is 4.25. The van der Waals surface area contributed by atoms with Crippen molar-refractivity contribution < 1.29 is 14.3 Å². The van der Waals surface area contributed by atoms with E-state index in [1.165, 1.54) is 23.3 Å². The van der Waals surface area contributed by atoms with Crippen molar-refractivity contribution >= 4 is 28.2 Å². The van der Waals surface area contributed by atoms with Gasteiger partial charge in [0.15, 0.2) is 0 Å². The molecule has 0 aromatic carbocycles. The first-order valence-electron chi connectivity index (χ1n) is 6.20. The smallest absolute Gasteiger partial charge is 0.341 e. The number of methoxy groups -OCH3 is 1. The summed E-state index contributed by atoms with van der Waals surface area (Å²) in [5.74, 6) is -0.385. The number of ether oxygens (including phenoxy) is 1. The van der Waals surface area contributed by atoms with Crippen molar-refractivity contribution in [3.63, 3.8) is 0 Å². The number of rotatable bonds is 4. The van der Waals surface area contributed by atoms with E-state index in [2.05, 4.69) is 5.32 Å². The summed E-state index contributed by atoms with van der Waals surface area (Å²) in [4.78, 5) is 24.7. The second-order valence-corrected chi connectivity index (χ2v) is 5.46. The Morgan fingerprint density at radius 1 is 1.39 bits per heavy atom. The summed E-state index contributed by atoms with van der Waals surface area (Å²) in [6, 6.07) is 0. The lowest BCUT2D eigenvalue weighted by Gasteiger charge is -2.06. The summed E-state index contributed by atoms with van der Waals surface area (Å²) in [5, 5.41) is 3.49. The second-order valence-electron chi connectivity index (χ2n) is 4.35. The lowest BCUT2D eigenvalue weighted by molar-refractivity contribution is -0.116. The zero-order valence-electron chi connectivity index (χ0n) is 10.7. The van der Waals surface area contributed by atoms with Crippen molar-refractivity contribution in [1.82, 2.24) is 0 Å². The summed E-state index contributed by atoms with van der Waals surface area (Å²) < 4.78 is 4.82. The van der Waals surface area contributed by atoms with E-state index in [9.17, 15) is 9.59 Å². The average molecular weight is 267 g/mol. The van der Waals surface area contributed by atoms with Gasteiger partial charge in [0.1, 0.15) is 5.00 Å². The van der Waals surface area contributed by atoms with E-state index >= 15 is 0 Å². The minimum Gasteiger partial charge on any atom is -0.465 e. The number of esters is 1. The number of anilines is 1. The lowest BCUT2D eigenvalue weighted by atomic mass is 10.1. The Morgan fingerprint density at radius 3 is 2.83 bits per heavy atom. The predicted molar refractivity (Wildman–Crippen MR) is 71.2 cm³/mol. The van der Waals surface area contributed by atoms with Gasteiger partial charge in [-0.15, -0.1) is 11.3 Å². The molecule has 0 spiro atoms. The molecule has 0 saturated carbocycles. The molecule has 98 valence electrons. The van der Waals surface area contributed by atoms with Crippen LogP contribution >= 0.6 is 11.3 Å². The number of carbonyl (C=O) groups excluding carboxylic acids is 2. The van der Waals surface area contributed by atoms with E-state index in [1.807, 2.05) is 6.92 Å². The van der Waals surface area contributed by atoms with Crippen molar-refractivity contribution in [2.45, 2.75) is 39.0 Å². The molecule has 4 nitrogen and oxygen atoms in total. The summed E-state index contributed by atoms with van der Waals surface area (Å²) in [6.45, 7) is 1.95. The molecule has 1 aromatic heterocycles. The van der Waals surface area contributed by atoms with Crippen LogP contribution in [0.5, 0.6) is 0 Å². The van der Waals surface area contributed by atoms with E-state index in [0.29, 0.717) is 17.0 Å². The van der Waals surface area contributed by atoms with E-state index in [-0.39, 0.29) is 11.9 Å². The normalized spacial score (nSPS) is 13.2. The minimum atomic E-state index is -0.346. The molecule has 1 aromatic rings. The van der Waals surface area contributed by atoms with Gasteiger partial charge < -0.3 is 10.1 Å². The predicted octanol–water partition coefficient (Wildman–Crippen LogP) is 2.76. The fourth-order valence-electron chi connectivity index (χ4n) is 2.23. The van der Waals surface area contributed by atoms with Crippen LogP contribution in [0.15, 0.2) is 0 Å². The molecule has 1 aliphatic rings. The number of hydrogen-bond donors (Lipinski definition) is 1. The molecule has 2 rings (SSSR count). The number of fused-ring (bicyclic) bond motifs is 1. The number of amides is 1. The molecule has 18 heavy (non-hydrogen) atoms. The van der Waals surface area contributed by atoms with Crippen LogP contribution < -0.4 is 5.32 Å². The molecule has 1 amide bonds. The van der Waals surface area contributed by atoms with E-state index < -0.39 is 0 Å². The molecular formula is C13H17NO3S. The molecule has 0 saturated heterocycles. The van der Waals surface area contributed by atoms with E-state index in [4.69, 9.17) is 4.74 Å². The molecule has 0 aliphatic heterocycles. The van der Waals surface area contributed by atoms with Gasteiger partial charge in [0.25, 0.3) is 0 Å². The van der Waals surface area contributed by atoms with Gasteiger partial charge in [0.05, 0.1) is 12.7 Å². The van der Waals surface area contributed by atoms with Crippen LogP contribution in [0, 0.1) is 0 Å². The van der Waals surface area contributed by atoms with Crippen molar-refractivity contribution in [2.75, 3.05) is 12.4 Å². The largest absolute Gasteiger partial charge is 0.465 e. The Bertz CT molecular complexity index is 479. The molecule has 1 aliphatic carbocycles. The molecule has 0 radical (unpaired) electrons. The average Bonchev–Trinajstić information content (AvgIpc) is 2.88. The summed E-state index contributed by atoms with van der Waals surface area (Å²) >= 11 is 1.51. The number of nitrogens with one attached hydrogen (secondary N) is 1. The Kier molecular flexibility index (Phi) is 4.01. The van der Waals surface area contributed by atoms with Crippen LogP contribution in [-0.2, 0) is 22.4 Å². The number of thiophene rings is 1. The standard InChI is InChI=1S/C13H17NO3S/c1-3-5-10(15)14-12-11(13(16)17-2)8-6-4-7-9(8)18-12/h3-7H2,1-2H3,(H,14,15). The monoisotopic (exact) mass is 267 g/mol. The van der Waals surface area contributed by atoms with Gasteiger partial charge in [-0.05, 0) is 31.2 Å². The molecule has 5 heteroatoms. The SMILES string of the molecule is CCCC(=O)Nc1sc2c(c1C(=O)OC)CCC2. The van der Waals surface area contributed by atoms with E-state index in [0.717, 1.165) is 31.2 Å². The molecule has 0 unspecified atom stereocenters. The number of hydrogen-bond acceptors (Lipinski definition) is 4. The maximum atomic E-state index is 11.8. The molecule has 0 bridgehead atoms. The van der Waals surface area contributed by atoms with Crippen LogP contribution in [0.25, 0.3) is 0 Å². The Morgan fingerprint density at radius 2 is 2.17 bits per heavy atom. The van der Waals surface area contributed by atoms with E-state index in [1.54, 1.807) is 0 Å². The molecule has 0 atom stereocenters. The van der Waals surface area contributed by atoms with Gasteiger partial charge in [0.2, 0.25) is 5.91 Å². The van der Waals surface area contributed by atoms with Crippen LogP contribution in [0.4, 0.5) is 5.00 Å². The van der Waals surface area contributed by atoms with Crippen LogP contribution in [-0.4, -0.2) is 19.0 Å². The Hall–Kier alpha value is -1.36. The van der Waals surface area contributed by atoms with Gasteiger partial charge in [0, 0.05) is 11.3 Å². The third kappa shape index (κ3) is 2.41. The third-order valence-electron chi connectivity index (χ3n) is 3.04. The lowest BCUT2D eigenvalue weighted by Crippen LogP contribution is -2.13. The zero-order valence-corrected chi connectivity index (χ0v) is 11.5. The molecule has 0 fully saturated rings. The highest BCUT2D eigenvalue weighted by atomic mass is 32.1. The van der Waals surface area contributed by atoms with Crippen molar-refractivity contribution in [3.05, 3.63) is 16.0 Å². The zero-order chi connectivity index (χ0) is 13.1. The van der Waals surface area contributed by atoms with Crippen molar-refractivity contribution in [3.8, 4) is 0 Å². The topological polar surface area (TPSA) is 55.4 Å². The fraction of sp³-hybridized carbons (Fsp3) is 0.538. The van der Waals surface area contributed by atoms with Gasteiger partial charge in [-0.3, -0.25) is 4.79 Å². The minimum absolute atomic E-state index is 0.0393. The van der Waals surface area contributed by atoms with Crippen LogP contribution in [0.2, 0.25) is 0 Å². The molecule has 1 N–H and O–H groups in total. The molecular weight excluding hydrogens is 250 g/mol. The van der Waals surface area contributed by atoms with Crippen molar-refractivity contribution in [1.29, 1.82) is 0 Å². The Labute approximate surface area is 110 Å². The van der Waals surface area contributed by atoms with Crippen LogP contribution in [0.1, 0.15) is 47.0 Å². The second kappa shape index (κ2) is 5.52. The summed E-state index contributed by atoms with van der Waals surface area (Å²) in [7, 11) is 1.37. The third-order valence-corrected chi connectivity index (χ3v) is 4.25. The molecule has 1 heterocycles. The maximum Gasteiger partial charge on any atom is 0.341 e. The summed E-state index contributed by atoms with van der Waals surface area (Å²) in [5.41, 5.74) is 1.64.